The Morgan fingerprint density at radius 3 is 2.71 bits per heavy atom. The van der Waals surface area contributed by atoms with Crippen molar-refractivity contribution < 1.29 is 9.53 Å². The third-order valence-corrected chi connectivity index (χ3v) is 4.58. The van der Waals surface area contributed by atoms with Crippen LogP contribution < -0.4 is 15.0 Å². The van der Waals surface area contributed by atoms with Crippen molar-refractivity contribution in [3.05, 3.63) is 59.7 Å². The van der Waals surface area contributed by atoms with Gasteiger partial charge in [-0.15, -0.1) is 0 Å². The smallest absolute Gasteiger partial charge is 0.222 e. The number of ether oxygens (including phenoxy) is 1. The first-order valence-corrected chi connectivity index (χ1v) is 8.41. The molecule has 1 heterocycles. The molecule has 0 saturated carbocycles. The van der Waals surface area contributed by atoms with Crippen LogP contribution in [0.5, 0.6) is 5.75 Å². The van der Waals surface area contributed by atoms with Gasteiger partial charge in [0, 0.05) is 31.2 Å². The zero-order valence-corrected chi connectivity index (χ0v) is 14.3. The fourth-order valence-electron chi connectivity index (χ4n) is 3.22. The number of hydrogen-bond acceptors (Lipinski definition) is 3. The molecule has 1 amide bonds. The molecule has 0 aromatic heterocycles. The predicted octanol–water partition coefficient (Wildman–Crippen LogP) is 3.15. The Labute approximate surface area is 143 Å². The number of carbonyl (C=O) groups is 1. The molecular formula is C20H24N2O2. The molecule has 1 aliphatic rings. The lowest BCUT2D eigenvalue weighted by atomic mass is 10.1. The minimum absolute atomic E-state index is 0.0856. The standard InChI is InChI=1S/C20H24N2O2/c1-15-13-17-5-3-4-6-19(17)22(15)12-11-20(23)21-14-16-7-9-18(24-2)10-8-16/h3-10,15H,11-14H2,1-2H3,(H,21,23). The quantitative estimate of drug-likeness (QED) is 0.887. The summed E-state index contributed by atoms with van der Waals surface area (Å²) in [6.45, 7) is 3.52. The van der Waals surface area contributed by atoms with Crippen LogP contribution in [0.1, 0.15) is 24.5 Å². The summed E-state index contributed by atoms with van der Waals surface area (Å²) in [5, 5.41) is 2.99. The number of para-hydroxylation sites is 1. The van der Waals surface area contributed by atoms with E-state index in [1.54, 1.807) is 7.11 Å². The molecule has 0 saturated heterocycles. The largest absolute Gasteiger partial charge is 0.497 e. The average molecular weight is 324 g/mol. The first kappa shape index (κ1) is 16.4. The van der Waals surface area contributed by atoms with E-state index in [1.165, 1.54) is 11.3 Å². The van der Waals surface area contributed by atoms with E-state index < -0.39 is 0 Å². The van der Waals surface area contributed by atoms with Crippen molar-refractivity contribution in [2.24, 2.45) is 0 Å². The maximum Gasteiger partial charge on any atom is 0.222 e. The molecule has 0 aliphatic carbocycles. The van der Waals surface area contributed by atoms with E-state index >= 15 is 0 Å². The third-order valence-electron chi connectivity index (χ3n) is 4.58. The van der Waals surface area contributed by atoms with E-state index in [1.807, 2.05) is 24.3 Å². The molecule has 1 aliphatic heterocycles. The second-order valence-corrected chi connectivity index (χ2v) is 6.25. The summed E-state index contributed by atoms with van der Waals surface area (Å²) in [7, 11) is 1.65. The number of fused-ring (bicyclic) bond motifs is 1. The van der Waals surface area contributed by atoms with E-state index in [0.717, 1.165) is 24.3 Å². The lowest BCUT2D eigenvalue weighted by Crippen LogP contribution is -2.34. The van der Waals surface area contributed by atoms with Crippen LogP contribution in [0.4, 0.5) is 5.69 Å². The predicted molar refractivity (Wildman–Crippen MR) is 96.4 cm³/mol. The van der Waals surface area contributed by atoms with Crippen molar-refractivity contribution >= 4 is 11.6 Å². The maximum absolute atomic E-state index is 12.2. The summed E-state index contributed by atoms with van der Waals surface area (Å²) in [6, 6.07) is 16.7. The number of nitrogens with one attached hydrogen (secondary N) is 1. The fourth-order valence-corrected chi connectivity index (χ4v) is 3.22. The van der Waals surface area contributed by atoms with E-state index in [4.69, 9.17) is 4.74 Å². The van der Waals surface area contributed by atoms with Gasteiger partial charge in [0.25, 0.3) is 0 Å². The molecule has 4 heteroatoms. The van der Waals surface area contributed by atoms with Crippen molar-refractivity contribution in [3.63, 3.8) is 0 Å². The number of methoxy groups -OCH3 is 1. The number of rotatable bonds is 6. The Hall–Kier alpha value is -2.49. The molecule has 1 atom stereocenters. The van der Waals surface area contributed by atoms with E-state index in [9.17, 15) is 4.79 Å². The molecule has 1 N–H and O–H groups in total. The van der Waals surface area contributed by atoms with Gasteiger partial charge in [-0.25, -0.2) is 0 Å². The summed E-state index contributed by atoms with van der Waals surface area (Å²) in [6.07, 6.45) is 1.57. The van der Waals surface area contributed by atoms with E-state index in [-0.39, 0.29) is 5.91 Å². The van der Waals surface area contributed by atoms with Crippen molar-refractivity contribution in [1.29, 1.82) is 0 Å². The number of nitrogens with zero attached hydrogens (tertiary/aromatic N) is 1. The highest BCUT2D eigenvalue weighted by molar-refractivity contribution is 5.76. The summed E-state index contributed by atoms with van der Waals surface area (Å²) in [4.78, 5) is 14.5. The topological polar surface area (TPSA) is 41.6 Å². The van der Waals surface area contributed by atoms with Crippen LogP contribution in [0.15, 0.2) is 48.5 Å². The van der Waals surface area contributed by atoms with Crippen molar-refractivity contribution in [3.8, 4) is 5.75 Å². The van der Waals surface area contributed by atoms with E-state index in [0.29, 0.717) is 19.0 Å². The molecule has 4 nitrogen and oxygen atoms in total. The summed E-state index contributed by atoms with van der Waals surface area (Å²) < 4.78 is 5.14. The van der Waals surface area contributed by atoms with Crippen molar-refractivity contribution in [1.82, 2.24) is 5.32 Å². The Bertz CT molecular complexity index is 697. The van der Waals surface area contributed by atoms with Crippen molar-refractivity contribution in [2.45, 2.75) is 32.4 Å². The Morgan fingerprint density at radius 1 is 1.21 bits per heavy atom. The van der Waals surface area contributed by atoms with Crippen LogP contribution in [-0.2, 0) is 17.8 Å². The van der Waals surface area contributed by atoms with Crippen LogP contribution in [0, 0.1) is 0 Å². The Kier molecular flexibility index (Phi) is 5.04. The highest BCUT2D eigenvalue weighted by Crippen LogP contribution is 2.31. The number of anilines is 1. The first-order valence-electron chi connectivity index (χ1n) is 8.41. The van der Waals surface area contributed by atoms with Crippen LogP contribution >= 0.6 is 0 Å². The third kappa shape index (κ3) is 3.70. The molecule has 24 heavy (non-hydrogen) atoms. The van der Waals surface area contributed by atoms with Gasteiger partial charge in [-0.05, 0) is 42.7 Å². The zero-order valence-electron chi connectivity index (χ0n) is 14.3. The van der Waals surface area contributed by atoms with Gasteiger partial charge in [-0.2, -0.15) is 0 Å². The molecule has 0 fully saturated rings. The van der Waals surface area contributed by atoms with Crippen LogP contribution in [0.2, 0.25) is 0 Å². The number of benzene rings is 2. The molecule has 2 aromatic carbocycles. The SMILES string of the molecule is COc1ccc(CNC(=O)CCN2c3ccccc3CC2C)cc1. The van der Waals surface area contributed by atoms with Crippen LogP contribution in [0.3, 0.4) is 0 Å². The van der Waals surface area contributed by atoms with Gasteiger partial charge in [0.2, 0.25) is 5.91 Å². The van der Waals surface area contributed by atoms with Crippen molar-refractivity contribution in [2.75, 3.05) is 18.6 Å². The number of amides is 1. The van der Waals surface area contributed by atoms with Gasteiger partial charge in [0.05, 0.1) is 7.11 Å². The first-order chi connectivity index (χ1) is 11.7. The lowest BCUT2D eigenvalue weighted by molar-refractivity contribution is -0.121. The zero-order chi connectivity index (χ0) is 16.9. The Morgan fingerprint density at radius 2 is 1.96 bits per heavy atom. The van der Waals surface area contributed by atoms with Gasteiger partial charge in [0.15, 0.2) is 0 Å². The normalized spacial score (nSPS) is 15.9. The molecule has 3 rings (SSSR count). The maximum atomic E-state index is 12.2. The monoisotopic (exact) mass is 324 g/mol. The van der Waals surface area contributed by atoms with Gasteiger partial charge >= 0.3 is 0 Å². The average Bonchev–Trinajstić information content (AvgIpc) is 2.93. The van der Waals surface area contributed by atoms with Crippen LogP contribution in [-0.4, -0.2) is 25.6 Å². The Balaban J connectivity index is 1.49. The fraction of sp³-hybridized carbons (Fsp3) is 0.350. The summed E-state index contributed by atoms with van der Waals surface area (Å²) in [5.41, 5.74) is 3.72. The van der Waals surface area contributed by atoms with Crippen LogP contribution in [0.25, 0.3) is 0 Å². The van der Waals surface area contributed by atoms with Gasteiger partial charge in [-0.3, -0.25) is 4.79 Å². The number of carbonyl (C=O) groups excluding carboxylic acids is 1. The van der Waals surface area contributed by atoms with Gasteiger partial charge in [-0.1, -0.05) is 30.3 Å². The minimum Gasteiger partial charge on any atom is -0.497 e. The number of hydrogen-bond donors (Lipinski definition) is 1. The molecular weight excluding hydrogens is 300 g/mol. The lowest BCUT2D eigenvalue weighted by Gasteiger charge is -2.24. The highest BCUT2D eigenvalue weighted by Gasteiger charge is 2.25. The minimum atomic E-state index is 0.0856. The highest BCUT2D eigenvalue weighted by atomic mass is 16.5. The molecule has 126 valence electrons. The molecule has 0 spiro atoms. The van der Waals surface area contributed by atoms with Gasteiger partial charge < -0.3 is 15.0 Å². The molecule has 0 bridgehead atoms. The second-order valence-electron chi connectivity index (χ2n) is 6.25. The molecule has 2 aromatic rings. The second kappa shape index (κ2) is 7.39. The van der Waals surface area contributed by atoms with E-state index in [2.05, 4.69) is 41.4 Å². The summed E-state index contributed by atoms with van der Waals surface area (Å²) in [5.74, 6) is 0.911. The molecule has 1 unspecified atom stereocenters. The summed E-state index contributed by atoms with van der Waals surface area (Å²) >= 11 is 0. The van der Waals surface area contributed by atoms with Gasteiger partial charge in [0.1, 0.15) is 5.75 Å². The molecule has 0 radical (unpaired) electrons.